The number of halogens is 1. The van der Waals surface area contributed by atoms with Crippen LogP contribution < -0.4 is 10.1 Å². The molecular weight excluding hydrogens is 281 g/mol. The van der Waals surface area contributed by atoms with E-state index in [4.69, 9.17) is 14.6 Å². The van der Waals surface area contributed by atoms with Gasteiger partial charge in [-0.3, -0.25) is 5.32 Å². The molecule has 0 aliphatic rings. The first-order valence-electron chi connectivity index (χ1n) is 6.27. The van der Waals surface area contributed by atoms with Gasteiger partial charge in [0.1, 0.15) is 5.60 Å². The van der Waals surface area contributed by atoms with Crippen molar-refractivity contribution in [2.24, 2.45) is 0 Å². The minimum Gasteiger partial charge on any atom is -0.479 e. The highest BCUT2D eigenvalue weighted by atomic mass is 19.1. The molecule has 0 fully saturated rings. The number of rotatable bonds is 4. The minimum absolute atomic E-state index is 0.178. The maximum atomic E-state index is 13.8. The lowest BCUT2D eigenvalue weighted by atomic mass is 10.2. The lowest BCUT2D eigenvalue weighted by molar-refractivity contribution is -0.144. The Morgan fingerprint density at radius 2 is 1.95 bits per heavy atom. The third kappa shape index (κ3) is 5.68. The van der Waals surface area contributed by atoms with Crippen LogP contribution >= 0.6 is 0 Å². The summed E-state index contributed by atoms with van der Waals surface area (Å²) in [4.78, 5) is 22.2. The SMILES string of the molecule is CC(Oc1ccc(NC(=O)OC(C)(C)C)cc1F)C(=O)O. The Balaban J connectivity index is 2.74. The van der Waals surface area contributed by atoms with E-state index in [1.807, 2.05) is 0 Å². The fourth-order valence-electron chi connectivity index (χ4n) is 1.34. The van der Waals surface area contributed by atoms with E-state index in [0.717, 1.165) is 6.07 Å². The van der Waals surface area contributed by atoms with Gasteiger partial charge in [-0.1, -0.05) is 0 Å². The second kappa shape index (κ2) is 6.43. The van der Waals surface area contributed by atoms with Crippen molar-refractivity contribution in [3.63, 3.8) is 0 Å². The summed E-state index contributed by atoms with van der Waals surface area (Å²) >= 11 is 0. The van der Waals surface area contributed by atoms with Crippen molar-refractivity contribution < 1.29 is 28.6 Å². The molecule has 1 aromatic carbocycles. The summed E-state index contributed by atoms with van der Waals surface area (Å²) < 4.78 is 23.7. The summed E-state index contributed by atoms with van der Waals surface area (Å²) in [5.74, 6) is -2.19. The molecule has 1 rings (SSSR count). The van der Waals surface area contributed by atoms with Gasteiger partial charge >= 0.3 is 12.1 Å². The number of aliphatic carboxylic acids is 1. The smallest absolute Gasteiger partial charge is 0.412 e. The number of amides is 1. The van der Waals surface area contributed by atoms with E-state index in [2.05, 4.69) is 5.32 Å². The van der Waals surface area contributed by atoms with Crippen molar-refractivity contribution >= 4 is 17.7 Å². The molecule has 0 saturated heterocycles. The molecule has 7 heteroatoms. The number of hydrogen-bond donors (Lipinski definition) is 2. The van der Waals surface area contributed by atoms with E-state index >= 15 is 0 Å². The molecular formula is C14H18FNO5. The van der Waals surface area contributed by atoms with E-state index in [9.17, 15) is 14.0 Å². The number of anilines is 1. The predicted octanol–water partition coefficient (Wildman–Crippen LogP) is 3.02. The number of benzene rings is 1. The molecule has 21 heavy (non-hydrogen) atoms. The van der Waals surface area contributed by atoms with Crippen molar-refractivity contribution in [1.29, 1.82) is 0 Å². The molecule has 0 saturated carbocycles. The van der Waals surface area contributed by atoms with Crippen molar-refractivity contribution in [3.05, 3.63) is 24.0 Å². The van der Waals surface area contributed by atoms with Gasteiger partial charge in [-0.2, -0.15) is 0 Å². The topological polar surface area (TPSA) is 84.9 Å². The molecule has 6 nitrogen and oxygen atoms in total. The molecule has 0 aromatic heterocycles. The van der Waals surface area contributed by atoms with Gasteiger partial charge in [0.25, 0.3) is 0 Å². The number of carbonyl (C=O) groups excluding carboxylic acids is 1. The van der Waals surface area contributed by atoms with Gasteiger partial charge in [-0.25, -0.2) is 14.0 Å². The molecule has 1 amide bonds. The second-order valence-electron chi connectivity index (χ2n) is 5.37. The standard InChI is InChI=1S/C14H18FNO5/c1-8(12(17)18)20-11-6-5-9(7-10(11)15)16-13(19)21-14(2,3)4/h5-8H,1-4H3,(H,16,19)(H,17,18). The molecule has 2 N–H and O–H groups in total. The number of carboxylic acids is 1. The van der Waals surface area contributed by atoms with Crippen LogP contribution in [-0.4, -0.2) is 28.9 Å². The monoisotopic (exact) mass is 299 g/mol. The Bertz CT molecular complexity index is 539. The summed E-state index contributed by atoms with van der Waals surface area (Å²) in [6, 6.07) is 3.65. The minimum atomic E-state index is -1.20. The number of hydrogen-bond acceptors (Lipinski definition) is 4. The molecule has 0 spiro atoms. The number of ether oxygens (including phenoxy) is 2. The van der Waals surface area contributed by atoms with Gasteiger partial charge in [-0.15, -0.1) is 0 Å². The van der Waals surface area contributed by atoms with Crippen LogP contribution in [0.1, 0.15) is 27.7 Å². The highest BCUT2D eigenvalue weighted by Gasteiger charge is 2.18. The van der Waals surface area contributed by atoms with E-state index < -0.39 is 29.6 Å². The molecule has 1 unspecified atom stereocenters. The van der Waals surface area contributed by atoms with Gasteiger partial charge < -0.3 is 14.6 Å². The first-order chi connectivity index (χ1) is 9.58. The highest BCUT2D eigenvalue weighted by molar-refractivity contribution is 5.85. The van der Waals surface area contributed by atoms with E-state index in [1.54, 1.807) is 20.8 Å². The summed E-state index contributed by atoms with van der Waals surface area (Å²) in [6.07, 6.45) is -1.89. The lowest BCUT2D eigenvalue weighted by Gasteiger charge is -2.19. The largest absolute Gasteiger partial charge is 0.479 e. The zero-order chi connectivity index (χ0) is 16.2. The van der Waals surface area contributed by atoms with Crippen molar-refractivity contribution in [1.82, 2.24) is 0 Å². The fourth-order valence-corrected chi connectivity index (χ4v) is 1.34. The molecule has 0 bridgehead atoms. The first-order valence-corrected chi connectivity index (χ1v) is 6.27. The first kappa shape index (κ1) is 16.7. The van der Waals surface area contributed by atoms with Crippen LogP contribution in [-0.2, 0) is 9.53 Å². The van der Waals surface area contributed by atoms with Crippen LogP contribution in [0.4, 0.5) is 14.9 Å². The molecule has 0 aliphatic carbocycles. The Labute approximate surface area is 121 Å². The van der Waals surface area contributed by atoms with Gasteiger partial charge in [0, 0.05) is 11.8 Å². The third-order valence-electron chi connectivity index (χ3n) is 2.23. The molecule has 0 radical (unpaired) electrons. The van der Waals surface area contributed by atoms with E-state index in [0.29, 0.717) is 0 Å². The molecule has 1 atom stereocenters. The quantitative estimate of drug-likeness (QED) is 0.892. The third-order valence-corrected chi connectivity index (χ3v) is 2.23. The van der Waals surface area contributed by atoms with Crippen LogP contribution in [0, 0.1) is 5.82 Å². The number of nitrogens with one attached hydrogen (secondary N) is 1. The van der Waals surface area contributed by atoms with E-state index in [-0.39, 0.29) is 11.4 Å². The maximum Gasteiger partial charge on any atom is 0.412 e. The van der Waals surface area contributed by atoms with Crippen LogP contribution in [0.3, 0.4) is 0 Å². The summed E-state index contributed by atoms with van der Waals surface area (Å²) in [5, 5.41) is 11.1. The van der Waals surface area contributed by atoms with Gasteiger partial charge in [0.05, 0.1) is 0 Å². The van der Waals surface area contributed by atoms with Gasteiger partial charge in [-0.05, 0) is 39.8 Å². The van der Waals surface area contributed by atoms with Gasteiger partial charge in [0.2, 0.25) is 0 Å². The summed E-state index contributed by atoms with van der Waals surface area (Å²) in [7, 11) is 0. The average molecular weight is 299 g/mol. The number of carbonyl (C=O) groups is 2. The van der Waals surface area contributed by atoms with Crippen LogP contribution in [0.15, 0.2) is 18.2 Å². The zero-order valence-corrected chi connectivity index (χ0v) is 12.3. The zero-order valence-electron chi connectivity index (χ0n) is 12.3. The van der Waals surface area contributed by atoms with Crippen LogP contribution in [0.2, 0.25) is 0 Å². The Morgan fingerprint density at radius 1 is 1.33 bits per heavy atom. The summed E-state index contributed by atoms with van der Waals surface area (Å²) in [6.45, 7) is 6.40. The van der Waals surface area contributed by atoms with Crippen molar-refractivity contribution in [2.45, 2.75) is 39.4 Å². The van der Waals surface area contributed by atoms with Crippen LogP contribution in [0.25, 0.3) is 0 Å². The molecule has 0 heterocycles. The average Bonchev–Trinajstić information content (AvgIpc) is 2.29. The fraction of sp³-hybridized carbons (Fsp3) is 0.429. The normalized spacial score (nSPS) is 12.4. The lowest BCUT2D eigenvalue weighted by Crippen LogP contribution is -2.27. The molecule has 0 aliphatic heterocycles. The Kier molecular flexibility index (Phi) is 5.12. The van der Waals surface area contributed by atoms with E-state index in [1.165, 1.54) is 19.1 Å². The van der Waals surface area contributed by atoms with Crippen molar-refractivity contribution in [3.8, 4) is 5.75 Å². The highest BCUT2D eigenvalue weighted by Crippen LogP contribution is 2.22. The maximum absolute atomic E-state index is 13.8. The van der Waals surface area contributed by atoms with Gasteiger partial charge in [0.15, 0.2) is 17.7 Å². The number of carboxylic acid groups (broad SMARTS) is 1. The Morgan fingerprint density at radius 3 is 2.43 bits per heavy atom. The Hall–Kier alpha value is -2.31. The second-order valence-corrected chi connectivity index (χ2v) is 5.37. The molecule has 1 aromatic rings. The molecule has 116 valence electrons. The predicted molar refractivity (Wildman–Crippen MR) is 74.0 cm³/mol. The van der Waals surface area contributed by atoms with Crippen LogP contribution in [0.5, 0.6) is 5.75 Å². The van der Waals surface area contributed by atoms with Crippen molar-refractivity contribution in [2.75, 3.05) is 5.32 Å². The summed E-state index contributed by atoms with van der Waals surface area (Å²) in [5.41, 5.74) is -0.486.